The second kappa shape index (κ2) is 6.49. The number of aryl methyl sites for hydroxylation is 1. The molecule has 2 aromatic rings. The largest absolute Gasteiger partial charge is 0.494 e. The molecule has 1 aromatic heterocycles. The van der Waals surface area contributed by atoms with E-state index in [-0.39, 0.29) is 11.6 Å². The van der Waals surface area contributed by atoms with Crippen LogP contribution in [0.25, 0.3) is 10.6 Å². The third-order valence-electron chi connectivity index (χ3n) is 3.44. The van der Waals surface area contributed by atoms with Crippen molar-refractivity contribution in [3.8, 4) is 16.3 Å². The van der Waals surface area contributed by atoms with Crippen LogP contribution in [0.1, 0.15) is 24.3 Å². The Bertz CT molecular complexity index is 613. The molecule has 0 radical (unpaired) electrons. The Morgan fingerprint density at radius 2 is 2.24 bits per heavy atom. The molecule has 4 nitrogen and oxygen atoms in total. The number of aromatic nitrogens is 2. The predicted molar refractivity (Wildman–Crippen MR) is 81.2 cm³/mol. The van der Waals surface area contributed by atoms with E-state index in [1.54, 1.807) is 12.1 Å². The number of halogens is 1. The number of ether oxygens (including phenoxy) is 1. The van der Waals surface area contributed by atoms with E-state index in [2.05, 4.69) is 15.5 Å². The molecule has 1 N–H and O–H groups in total. The van der Waals surface area contributed by atoms with E-state index in [1.165, 1.54) is 37.4 Å². The Balaban J connectivity index is 1.59. The average molecular weight is 307 g/mol. The van der Waals surface area contributed by atoms with Crippen molar-refractivity contribution in [2.75, 3.05) is 13.7 Å². The van der Waals surface area contributed by atoms with Gasteiger partial charge >= 0.3 is 0 Å². The number of nitrogens with zero attached hydrogens (tertiary/aromatic N) is 2. The molecule has 0 bridgehead atoms. The standard InChI is InChI=1S/C15H18FN3OS/c1-20-13-7-4-10(9-12(13)16)15-19-18-14(21-15)3-2-8-17-11-5-6-11/h4,7,9,11,17H,2-3,5-6,8H2,1H3. The molecule has 112 valence electrons. The molecule has 21 heavy (non-hydrogen) atoms. The number of nitrogens with one attached hydrogen (secondary N) is 1. The highest BCUT2D eigenvalue weighted by Crippen LogP contribution is 2.28. The first kappa shape index (κ1) is 14.4. The van der Waals surface area contributed by atoms with Gasteiger partial charge in [0.2, 0.25) is 0 Å². The zero-order valence-corrected chi connectivity index (χ0v) is 12.8. The molecule has 1 fully saturated rings. The highest BCUT2D eigenvalue weighted by atomic mass is 32.1. The molecule has 1 aliphatic rings. The van der Waals surface area contributed by atoms with Gasteiger partial charge < -0.3 is 10.1 Å². The van der Waals surface area contributed by atoms with Crippen LogP contribution in [-0.4, -0.2) is 29.9 Å². The van der Waals surface area contributed by atoms with Crippen molar-refractivity contribution in [2.45, 2.75) is 31.7 Å². The lowest BCUT2D eigenvalue weighted by Gasteiger charge is -2.02. The fraction of sp³-hybridized carbons (Fsp3) is 0.467. The molecule has 1 saturated carbocycles. The summed E-state index contributed by atoms with van der Waals surface area (Å²) in [6.07, 6.45) is 4.59. The highest BCUT2D eigenvalue weighted by molar-refractivity contribution is 7.14. The first-order chi connectivity index (χ1) is 10.3. The van der Waals surface area contributed by atoms with Crippen LogP contribution in [0, 0.1) is 5.82 Å². The first-order valence-electron chi connectivity index (χ1n) is 7.16. The van der Waals surface area contributed by atoms with Gasteiger partial charge in [0, 0.05) is 18.0 Å². The normalized spacial score (nSPS) is 14.4. The van der Waals surface area contributed by atoms with Gasteiger partial charge in [0.15, 0.2) is 11.6 Å². The van der Waals surface area contributed by atoms with Crippen LogP contribution in [0.5, 0.6) is 5.75 Å². The molecular formula is C15H18FN3OS. The maximum Gasteiger partial charge on any atom is 0.165 e. The second-order valence-corrected chi connectivity index (χ2v) is 6.24. The van der Waals surface area contributed by atoms with E-state index in [9.17, 15) is 4.39 Å². The van der Waals surface area contributed by atoms with Crippen molar-refractivity contribution >= 4 is 11.3 Å². The Morgan fingerprint density at radius 1 is 1.38 bits per heavy atom. The summed E-state index contributed by atoms with van der Waals surface area (Å²) < 4.78 is 18.6. The summed E-state index contributed by atoms with van der Waals surface area (Å²) in [5.74, 6) is -0.130. The fourth-order valence-corrected chi connectivity index (χ4v) is 2.98. The Morgan fingerprint density at radius 3 is 2.95 bits per heavy atom. The number of benzene rings is 1. The van der Waals surface area contributed by atoms with Crippen LogP contribution in [0.2, 0.25) is 0 Å². The maximum atomic E-state index is 13.7. The molecular weight excluding hydrogens is 289 g/mol. The van der Waals surface area contributed by atoms with Gasteiger partial charge in [-0.05, 0) is 44.0 Å². The van der Waals surface area contributed by atoms with Crippen LogP contribution >= 0.6 is 11.3 Å². The lowest BCUT2D eigenvalue weighted by atomic mass is 10.2. The van der Waals surface area contributed by atoms with E-state index >= 15 is 0 Å². The van der Waals surface area contributed by atoms with Gasteiger partial charge in [-0.25, -0.2) is 4.39 Å². The van der Waals surface area contributed by atoms with Gasteiger partial charge in [0.1, 0.15) is 10.0 Å². The molecule has 1 heterocycles. The Labute approximate surface area is 127 Å². The van der Waals surface area contributed by atoms with E-state index in [0.717, 1.165) is 41.0 Å². The van der Waals surface area contributed by atoms with Crippen molar-refractivity contribution in [1.82, 2.24) is 15.5 Å². The summed E-state index contributed by atoms with van der Waals surface area (Å²) in [4.78, 5) is 0. The maximum absolute atomic E-state index is 13.7. The molecule has 0 atom stereocenters. The summed E-state index contributed by atoms with van der Waals surface area (Å²) in [7, 11) is 1.46. The minimum absolute atomic E-state index is 0.245. The van der Waals surface area contributed by atoms with E-state index in [1.807, 2.05) is 0 Å². The quantitative estimate of drug-likeness (QED) is 0.799. The fourth-order valence-electron chi connectivity index (χ4n) is 2.10. The molecule has 0 unspecified atom stereocenters. The van der Waals surface area contributed by atoms with E-state index < -0.39 is 0 Å². The smallest absolute Gasteiger partial charge is 0.165 e. The second-order valence-electron chi connectivity index (χ2n) is 5.18. The summed E-state index contributed by atoms with van der Waals surface area (Å²) in [6, 6.07) is 5.61. The third-order valence-corrected chi connectivity index (χ3v) is 4.48. The van der Waals surface area contributed by atoms with Gasteiger partial charge in [0.05, 0.1) is 7.11 Å². The lowest BCUT2D eigenvalue weighted by molar-refractivity contribution is 0.386. The molecule has 0 saturated heterocycles. The lowest BCUT2D eigenvalue weighted by Crippen LogP contribution is -2.17. The van der Waals surface area contributed by atoms with Gasteiger partial charge in [0.25, 0.3) is 0 Å². The zero-order chi connectivity index (χ0) is 14.7. The predicted octanol–water partition coefficient (Wildman–Crippen LogP) is 3.04. The average Bonchev–Trinajstić information content (AvgIpc) is 3.20. The molecule has 6 heteroatoms. The van der Waals surface area contributed by atoms with Crippen molar-refractivity contribution in [2.24, 2.45) is 0 Å². The highest BCUT2D eigenvalue weighted by Gasteiger charge is 2.19. The van der Waals surface area contributed by atoms with E-state index in [4.69, 9.17) is 4.74 Å². The van der Waals surface area contributed by atoms with Crippen molar-refractivity contribution in [3.63, 3.8) is 0 Å². The van der Waals surface area contributed by atoms with Gasteiger partial charge in [-0.2, -0.15) is 0 Å². The van der Waals surface area contributed by atoms with Crippen molar-refractivity contribution in [3.05, 3.63) is 29.0 Å². The molecule has 0 amide bonds. The summed E-state index contributed by atoms with van der Waals surface area (Å²) in [5.41, 5.74) is 0.744. The van der Waals surface area contributed by atoms with Crippen molar-refractivity contribution < 1.29 is 9.13 Å². The third kappa shape index (κ3) is 3.77. The Kier molecular flexibility index (Phi) is 4.45. The minimum Gasteiger partial charge on any atom is -0.494 e. The molecule has 0 spiro atoms. The molecule has 1 aromatic carbocycles. The number of methoxy groups -OCH3 is 1. The van der Waals surface area contributed by atoms with Gasteiger partial charge in [-0.15, -0.1) is 10.2 Å². The molecule has 0 aliphatic heterocycles. The monoisotopic (exact) mass is 307 g/mol. The summed E-state index contributed by atoms with van der Waals surface area (Å²) in [5, 5.41) is 13.6. The number of hydrogen-bond acceptors (Lipinski definition) is 5. The summed E-state index contributed by atoms with van der Waals surface area (Å²) >= 11 is 1.53. The minimum atomic E-state index is -0.375. The Hall–Kier alpha value is -1.53. The van der Waals surface area contributed by atoms with Crippen LogP contribution in [0.3, 0.4) is 0 Å². The van der Waals surface area contributed by atoms with Crippen LogP contribution in [-0.2, 0) is 6.42 Å². The van der Waals surface area contributed by atoms with Crippen molar-refractivity contribution in [1.29, 1.82) is 0 Å². The van der Waals surface area contributed by atoms with Gasteiger partial charge in [-0.1, -0.05) is 11.3 Å². The molecule has 1 aliphatic carbocycles. The van der Waals surface area contributed by atoms with E-state index in [0.29, 0.717) is 0 Å². The van der Waals surface area contributed by atoms with Crippen LogP contribution in [0.4, 0.5) is 4.39 Å². The first-order valence-corrected chi connectivity index (χ1v) is 7.97. The SMILES string of the molecule is COc1ccc(-c2nnc(CCCNC3CC3)s2)cc1F. The number of rotatable bonds is 7. The summed E-state index contributed by atoms with van der Waals surface area (Å²) in [6.45, 7) is 1.02. The van der Waals surface area contributed by atoms with Gasteiger partial charge in [-0.3, -0.25) is 0 Å². The van der Waals surface area contributed by atoms with Crippen LogP contribution < -0.4 is 10.1 Å². The van der Waals surface area contributed by atoms with Crippen LogP contribution in [0.15, 0.2) is 18.2 Å². The molecule has 3 rings (SSSR count). The topological polar surface area (TPSA) is 47.0 Å². The zero-order valence-electron chi connectivity index (χ0n) is 11.9. The number of hydrogen-bond donors (Lipinski definition) is 1.